The van der Waals surface area contributed by atoms with Gasteiger partial charge in [-0.2, -0.15) is 0 Å². The third-order valence-electron chi connectivity index (χ3n) is 10.9. The van der Waals surface area contributed by atoms with Gasteiger partial charge < -0.3 is 9.32 Å². The van der Waals surface area contributed by atoms with Crippen LogP contribution in [0.15, 0.2) is 205 Å². The second-order valence-corrected chi connectivity index (χ2v) is 15.1. The van der Waals surface area contributed by atoms with Gasteiger partial charge in [0.1, 0.15) is 11.2 Å². The Hall–Kier alpha value is -6.94. The van der Waals surface area contributed by atoms with Gasteiger partial charge in [0.05, 0.1) is 5.69 Å². The average molecular weight is 720 g/mol. The van der Waals surface area contributed by atoms with Gasteiger partial charge in [-0.25, -0.2) is 0 Å². The molecular weight excluding hydrogens is 687 g/mol. The molecule has 0 saturated heterocycles. The summed E-state index contributed by atoms with van der Waals surface area (Å²) in [5.41, 5.74) is 12.3. The first-order valence-electron chi connectivity index (χ1n) is 18.7. The Labute approximate surface area is 322 Å². The molecule has 11 rings (SSSR count). The molecule has 2 aromatic heterocycles. The SMILES string of the molecule is c1cc(-c2cccc3ccccc23)cc(N(c2ccc(-c3ccc4oc5ccccc5c4c3)cc2)c2ccccc2-c2cccc3c2sc2ccccc23)c1. The Bertz CT molecular complexity index is 3220. The van der Waals surface area contributed by atoms with E-state index in [1.807, 2.05) is 23.5 Å². The van der Waals surface area contributed by atoms with Gasteiger partial charge in [-0.15, -0.1) is 11.3 Å². The molecule has 0 amide bonds. The van der Waals surface area contributed by atoms with Crippen LogP contribution in [-0.4, -0.2) is 0 Å². The van der Waals surface area contributed by atoms with Crippen molar-refractivity contribution in [3.63, 3.8) is 0 Å². The smallest absolute Gasteiger partial charge is 0.135 e. The summed E-state index contributed by atoms with van der Waals surface area (Å²) in [7, 11) is 0. The van der Waals surface area contributed by atoms with Crippen molar-refractivity contribution in [2.45, 2.75) is 0 Å². The highest BCUT2D eigenvalue weighted by Gasteiger charge is 2.20. The van der Waals surface area contributed by atoms with Crippen LogP contribution < -0.4 is 4.90 Å². The van der Waals surface area contributed by atoms with E-state index in [0.29, 0.717) is 0 Å². The zero-order chi connectivity index (χ0) is 36.3. The van der Waals surface area contributed by atoms with Gasteiger partial charge in [0.2, 0.25) is 0 Å². The molecule has 3 heteroatoms. The summed E-state index contributed by atoms with van der Waals surface area (Å²) in [5.74, 6) is 0. The van der Waals surface area contributed by atoms with Gasteiger partial charge in [-0.3, -0.25) is 0 Å². The van der Waals surface area contributed by atoms with Crippen molar-refractivity contribution >= 4 is 81.3 Å². The van der Waals surface area contributed by atoms with Gasteiger partial charge in [-0.05, 0) is 87.6 Å². The number of hydrogen-bond acceptors (Lipinski definition) is 3. The molecule has 0 unspecified atom stereocenters. The molecule has 9 aromatic carbocycles. The van der Waals surface area contributed by atoms with Gasteiger partial charge in [0.25, 0.3) is 0 Å². The summed E-state index contributed by atoms with van der Waals surface area (Å²) < 4.78 is 8.75. The van der Waals surface area contributed by atoms with Crippen molar-refractivity contribution in [3.8, 4) is 33.4 Å². The van der Waals surface area contributed by atoms with Crippen LogP contribution in [0.3, 0.4) is 0 Å². The van der Waals surface area contributed by atoms with Crippen LogP contribution in [0.1, 0.15) is 0 Å². The van der Waals surface area contributed by atoms with Crippen molar-refractivity contribution < 1.29 is 4.42 Å². The Morgan fingerprint density at radius 1 is 0.364 bits per heavy atom. The highest BCUT2D eigenvalue weighted by atomic mass is 32.1. The van der Waals surface area contributed by atoms with E-state index >= 15 is 0 Å². The zero-order valence-corrected chi connectivity index (χ0v) is 30.6. The standard InChI is InChI=1S/C52H33NOS/c1-2-16-40-35(12-1)13-10-20-41(40)37-14-9-15-39(32-37)53(38-29-26-34(27-30-38)36-28-31-50-47(33-36)43-18-4-7-24-49(43)54-50)48-23-6-3-17-42(48)45-21-11-22-46-44-19-5-8-25-51(44)55-52(45)46/h1-33H. The fourth-order valence-corrected chi connectivity index (χ4v) is 9.51. The number of benzene rings is 9. The second kappa shape index (κ2) is 12.9. The van der Waals surface area contributed by atoms with Crippen molar-refractivity contribution in [2.75, 3.05) is 4.90 Å². The summed E-state index contributed by atoms with van der Waals surface area (Å²) in [6, 6.07) is 72.3. The molecular formula is C52H33NOS. The average Bonchev–Trinajstić information content (AvgIpc) is 3.82. The van der Waals surface area contributed by atoms with Gasteiger partial charge in [-0.1, -0.05) is 146 Å². The molecule has 55 heavy (non-hydrogen) atoms. The first kappa shape index (κ1) is 31.6. The molecule has 0 spiro atoms. The number of anilines is 3. The summed E-state index contributed by atoms with van der Waals surface area (Å²) in [6.45, 7) is 0. The maximum atomic E-state index is 6.14. The lowest BCUT2D eigenvalue weighted by atomic mass is 9.96. The van der Waals surface area contributed by atoms with Crippen LogP contribution in [0, 0.1) is 0 Å². The van der Waals surface area contributed by atoms with E-state index in [1.165, 1.54) is 53.2 Å². The summed E-state index contributed by atoms with van der Waals surface area (Å²) in [4.78, 5) is 2.42. The summed E-state index contributed by atoms with van der Waals surface area (Å²) >= 11 is 1.87. The summed E-state index contributed by atoms with van der Waals surface area (Å²) in [6.07, 6.45) is 0. The van der Waals surface area contributed by atoms with Crippen molar-refractivity contribution in [1.82, 2.24) is 0 Å². The molecule has 0 fully saturated rings. The van der Waals surface area contributed by atoms with E-state index in [2.05, 4.69) is 193 Å². The maximum Gasteiger partial charge on any atom is 0.135 e. The van der Waals surface area contributed by atoms with E-state index in [1.54, 1.807) is 0 Å². The molecule has 258 valence electrons. The predicted octanol–water partition coefficient (Wildman–Crippen LogP) is 15.6. The molecule has 0 aliphatic heterocycles. The molecule has 0 radical (unpaired) electrons. The number of hydrogen-bond donors (Lipinski definition) is 0. The quantitative estimate of drug-likeness (QED) is 0.170. The topological polar surface area (TPSA) is 16.4 Å². The molecule has 0 aliphatic rings. The third-order valence-corrected chi connectivity index (χ3v) is 12.1. The molecule has 0 bridgehead atoms. The van der Waals surface area contributed by atoms with E-state index in [-0.39, 0.29) is 0 Å². The van der Waals surface area contributed by atoms with Crippen LogP contribution in [0.4, 0.5) is 17.1 Å². The second-order valence-electron chi connectivity index (χ2n) is 14.1. The number of thiophene rings is 1. The van der Waals surface area contributed by atoms with Crippen molar-refractivity contribution in [3.05, 3.63) is 200 Å². The number of rotatable bonds is 6. The Morgan fingerprint density at radius 3 is 1.95 bits per heavy atom. The Morgan fingerprint density at radius 2 is 1.02 bits per heavy atom. The van der Waals surface area contributed by atoms with Crippen LogP contribution in [0.25, 0.3) is 86.3 Å². The predicted molar refractivity (Wildman–Crippen MR) is 235 cm³/mol. The van der Waals surface area contributed by atoms with E-state index < -0.39 is 0 Å². The van der Waals surface area contributed by atoms with Crippen LogP contribution in [-0.2, 0) is 0 Å². The number of furan rings is 1. The molecule has 0 N–H and O–H groups in total. The highest BCUT2D eigenvalue weighted by molar-refractivity contribution is 7.26. The number of para-hydroxylation sites is 2. The lowest BCUT2D eigenvalue weighted by Gasteiger charge is -2.28. The van der Waals surface area contributed by atoms with Crippen molar-refractivity contribution in [1.29, 1.82) is 0 Å². The molecule has 0 saturated carbocycles. The van der Waals surface area contributed by atoms with E-state index in [9.17, 15) is 0 Å². The molecule has 0 atom stereocenters. The minimum atomic E-state index is 0.907. The highest BCUT2D eigenvalue weighted by Crippen LogP contribution is 2.47. The first-order chi connectivity index (χ1) is 27.3. The Kier molecular flexibility index (Phi) is 7.39. The molecule has 0 aliphatic carbocycles. The molecule has 11 aromatic rings. The fraction of sp³-hybridized carbons (Fsp3) is 0. The normalized spacial score (nSPS) is 11.6. The van der Waals surface area contributed by atoms with Crippen LogP contribution in [0.2, 0.25) is 0 Å². The maximum absolute atomic E-state index is 6.14. The van der Waals surface area contributed by atoms with Crippen LogP contribution in [0.5, 0.6) is 0 Å². The van der Waals surface area contributed by atoms with Gasteiger partial charge in [0.15, 0.2) is 0 Å². The molecule has 2 nitrogen and oxygen atoms in total. The first-order valence-corrected chi connectivity index (χ1v) is 19.5. The number of fused-ring (bicyclic) bond motifs is 7. The van der Waals surface area contributed by atoms with E-state index in [4.69, 9.17) is 4.42 Å². The Balaban J connectivity index is 1.09. The monoisotopic (exact) mass is 719 g/mol. The third kappa shape index (κ3) is 5.32. The van der Waals surface area contributed by atoms with Crippen molar-refractivity contribution in [2.24, 2.45) is 0 Å². The zero-order valence-electron chi connectivity index (χ0n) is 29.8. The van der Waals surface area contributed by atoms with Gasteiger partial charge >= 0.3 is 0 Å². The lowest BCUT2D eigenvalue weighted by molar-refractivity contribution is 0.669. The minimum absolute atomic E-state index is 0.907. The van der Waals surface area contributed by atoms with E-state index in [0.717, 1.165) is 50.1 Å². The van der Waals surface area contributed by atoms with Gasteiger partial charge in [0, 0.05) is 53.4 Å². The number of nitrogens with zero attached hydrogens (tertiary/aromatic N) is 1. The lowest BCUT2D eigenvalue weighted by Crippen LogP contribution is -2.11. The largest absolute Gasteiger partial charge is 0.456 e. The fourth-order valence-electron chi connectivity index (χ4n) is 8.28. The van der Waals surface area contributed by atoms with Crippen LogP contribution >= 0.6 is 11.3 Å². The minimum Gasteiger partial charge on any atom is -0.456 e. The summed E-state index contributed by atoms with van der Waals surface area (Å²) in [5, 5.41) is 7.35. The molecule has 2 heterocycles.